The summed E-state index contributed by atoms with van der Waals surface area (Å²) in [5.41, 5.74) is 1.83. The number of pyridine rings is 1. The number of carbonyl (C=O) groups excluding carboxylic acids is 2. The van der Waals surface area contributed by atoms with Crippen LogP contribution >= 0.6 is 0 Å². The molecule has 2 fully saturated rings. The number of amides is 2. The van der Waals surface area contributed by atoms with Gasteiger partial charge in [-0.1, -0.05) is 30.3 Å². The number of aromatic nitrogens is 3. The number of alkyl halides is 2. The summed E-state index contributed by atoms with van der Waals surface area (Å²) in [6.45, 7) is 6.74. The fraction of sp³-hybridized carbons (Fsp3) is 0.341. The molecule has 7 rings (SSSR count). The first kappa shape index (κ1) is 37.0. The highest BCUT2D eigenvalue weighted by molar-refractivity contribution is 6.03. The van der Waals surface area contributed by atoms with Gasteiger partial charge in [-0.2, -0.15) is 5.10 Å². The number of nitrogens with zero attached hydrogens (tertiary/aromatic N) is 4. The highest BCUT2D eigenvalue weighted by Crippen LogP contribution is 2.37. The van der Waals surface area contributed by atoms with E-state index in [0.29, 0.717) is 89.1 Å². The van der Waals surface area contributed by atoms with E-state index in [4.69, 9.17) is 0 Å². The van der Waals surface area contributed by atoms with E-state index < -0.39 is 35.2 Å². The van der Waals surface area contributed by atoms with Crippen molar-refractivity contribution in [2.75, 3.05) is 18.4 Å². The van der Waals surface area contributed by atoms with E-state index in [1.165, 1.54) is 24.3 Å². The molecule has 2 saturated heterocycles. The maximum Gasteiger partial charge on any atom is 0.266 e. The predicted molar refractivity (Wildman–Crippen MR) is 194 cm³/mol. The van der Waals surface area contributed by atoms with Crippen LogP contribution in [0.4, 0.5) is 27.8 Å². The molecule has 54 heavy (non-hydrogen) atoms. The summed E-state index contributed by atoms with van der Waals surface area (Å²) in [7, 11) is 0. The molecule has 0 aliphatic carbocycles. The number of rotatable bonds is 9. The minimum absolute atomic E-state index is 0.0373. The Labute approximate surface area is 309 Å². The van der Waals surface area contributed by atoms with Crippen molar-refractivity contribution < 1.29 is 31.5 Å². The molecule has 2 aliphatic rings. The summed E-state index contributed by atoms with van der Waals surface area (Å²) in [6, 6.07) is 14.7. The average molecular weight is 743 g/mol. The van der Waals surface area contributed by atoms with Gasteiger partial charge in [-0.25, -0.2) is 22.0 Å². The standard InChI is InChI=1S/C41H39F5N6O2/c1-22(28-5-4-6-30(37(28)44)38(45)46)48-39-31-19-35(47-20-32(31)23(2)50-51-39)25-7-10-33(42)26(17-25)21-52-15-12-24(13-16-52)29-9-8-27(18-34(29)43)41(3)14-11-36(53)49-40(41)54/h4-10,17-20,22,24,38H,11-16,21H2,1-3H3,(H,48,51)(H,49,53,54)/t22-,41-/m1/s1. The number of hydrogen-bond donors (Lipinski definition) is 2. The van der Waals surface area contributed by atoms with E-state index in [2.05, 4.69) is 30.7 Å². The number of carbonyl (C=O) groups is 2. The van der Waals surface area contributed by atoms with Gasteiger partial charge < -0.3 is 5.32 Å². The maximum absolute atomic E-state index is 15.5. The van der Waals surface area contributed by atoms with Crippen molar-refractivity contribution >= 4 is 28.4 Å². The minimum Gasteiger partial charge on any atom is -0.361 e. The lowest BCUT2D eigenvalue weighted by atomic mass is 9.75. The van der Waals surface area contributed by atoms with Crippen molar-refractivity contribution in [3.63, 3.8) is 0 Å². The third kappa shape index (κ3) is 7.16. The van der Waals surface area contributed by atoms with E-state index in [9.17, 15) is 22.8 Å². The van der Waals surface area contributed by atoms with Crippen molar-refractivity contribution in [2.45, 2.75) is 76.8 Å². The Bertz CT molecular complexity index is 2260. The number of nitrogens with one attached hydrogen (secondary N) is 2. The summed E-state index contributed by atoms with van der Waals surface area (Å²) in [5.74, 6) is -2.18. The van der Waals surface area contributed by atoms with E-state index in [-0.39, 0.29) is 35.4 Å². The molecule has 3 aromatic carbocycles. The van der Waals surface area contributed by atoms with Crippen LogP contribution in [-0.2, 0) is 21.5 Å². The highest BCUT2D eigenvalue weighted by Gasteiger charge is 2.40. The Hall–Kier alpha value is -5.30. The molecule has 2 atom stereocenters. The Balaban J connectivity index is 1.06. The van der Waals surface area contributed by atoms with Crippen molar-refractivity contribution in [3.8, 4) is 11.3 Å². The number of hydrogen-bond acceptors (Lipinski definition) is 7. The number of fused-ring (bicyclic) bond motifs is 1. The predicted octanol–water partition coefficient (Wildman–Crippen LogP) is 8.60. The van der Waals surface area contributed by atoms with Crippen LogP contribution in [-0.4, -0.2) is 45.0 Å². The first-order chi connectivity index (χ1) is 25.8. The van der Waals surface area contributed by atoms with Gasteiger partial charge in [-0.05, 0) is 100 Å². The molecule has 0 bridgehead atoms. The molecular weight excluding hydrogens is 703 g/mol. The molecule has 4 heterocycles. The lowest BCUT2D eigenvalue weighted by Gasteiger charge is -2.34. The van der Waals surface area contributed by atoms with Crippen molar-refractivity contribution in [1.29, 1.82) is 0 Å². The molecular formula is C41H39F5N6O2. The molecule has 2 aromatic heterocycles. The zero-order chi connectivity index (χ0) is 38.3. The molecule has 0 saturated carbocycles. The summed E-state index contributed by atoms with van der Waals surface area (Å²) >= 11 is 0. The van der Waals surface area contributed by atoms with Crippen molar-refractivity contribution in [2.24, 2.45) is 0 Å². The van der Waals surface area contributed by atoms with Crippen LogP contribution in [0.1, 0.15) is 91.4 Å². The Morgan fingerprint density at radius 3 is 2.43 bits per heavy atom. The Morgan fingerprint density at radius 1 is 0.944 bits per heavy atom. The van der Waals surface area contributed by atoms with Gasteiger partial charge in [-0.3, -0.25) is 24.8 Å². The fourth-order valence-corrected chi connectivity index (χ4v) is 7.57. The first-order valence-corrected chi connectivity index (χ1v) is 17.9. The van der Waals surface area contributed by atoms with Crippen molar-refractivity contribution in [3.05, 3.63) is 118 Å². The molecule has 280 valence electrons. The quantitative estimate of drug-likeness (QED) is 0.115. The molecule has 13 heteroatoms. The second-order valence-electron chi connectivity index (χ2n) is 14.5. The topological polar surface area (TPSA) is 100 Å². The average Bonchev–Trinajstić information content (AvgIpc) is 3.15. The van der Waals surface area contributed by atoms with Crippen LogP contribution in [0.3, 0.4) is 0 Å². The number of aryl methyl sites for hydroxylation is 1. The fourth-order valence-electron chi connectivity index (χ4n) is 7.57. The highest BCUT2D eigenvalue weighted by atomic mass is 19.3. The van der Waals surface area contributed by atoms with E-state index in [0.717, 1.165) is 6.07 Å². The molecule has 0 spiro atoms. The molecule has 2 amide bonds. The number of benzene rings is 3. The molecule has 8 nitrogen and oxygen atoms in total. The monoisotopic (exact) mass is 742 g/mol. The van der Waals surface area contributed by atoms with Crippen LogP contribution in [0, 0.1) is 24.4 Å². The number of anilines is 1. The van der Waals surface area contributed by atoms with Gasteiger partial charge >= 0.3 is 0 Å². The zero-order valence-electron chi connectivity index (χ0n) is 30.0. The zero-order valence-corrected chi connectivity index (χ0v) is 30.0. The second-order valence-corrected chi connectivity index (χ2v) is 14.5. The SMILES string of the molecule is Cc1nnc(N[C@H](C)c2cccc(C(F)F)c2F)c2cc(-c3ccc(F)c(CN4CCC(c5ccc([C@@]6(C)CCC(=O)NC6=O)cc5F)CC4)c3)ncc12. The summed E-state index contributed by atoms with van der Waals surface area (Å²) in [6.07, 6.45) is 0.549. The molecule has 0 unspecified atom stereocenters. The van der Waals surface area contributed by atoms with Crippen LogP contribution < -0.4 is 10.6 Å². The molecule has 2 N–H and O–H groups in total. The van der Waals surface area contributed by atoms with Crippen LogP contribution in [0.2, 0.25) is 0 Å². The van der Waals surface area contributed by atoms with Gasteiger partial charge in [0.1, 0.15) is 17.5 Å². The summed E-state index contributed by atoms with van der Waals surface area (Å²) in [4.78, 5) is 31.0. The second kappa shape index (κ2) is 14.8. The number of likely N-dealkylation sites (tertiary alicyclic amines) is 1. The van der Waals surface area contributed by atoms with Gasteiger partial charge in [0.2, 0.25) is 11.8 Å². The van der Waals surface area contributed by atoms with Crippen LogP contribution in [0.25, 0.3) is 22.0 Å². The van der Waals surface area contributed by atoms with Gasteiger partial charge in [0.05, 0.1) is 28.4 Å². The lowest BCUT2D eigenvalue weighted by Crippen LogP contribution is -2.49. The first-order valence-electron chi connectivity index (χ1n) is 17.9. The van der Waals surface area contributed by atoms with Gasteiger partial charge in [-0.15, -0.1) is 5.10 Å². The van der Waals surface area contributed by atoms with Gasteiger partial charge in [0.25, 0.3) is 6.43 Å². The minimum atomic E-state index is -2.95. The Kier molecular flexibility index (Phi) is 10.2. The smallest absolute Gasteiger partial charge is 0.266 e. The third-order valence-electron chi connectivity index (χ3n) is 11.0. The molecule has 2 aliphatic heterocycles. The molecule has 5 aromatic rings. The van der Waals surface area contributed by atoms with Crippen LogP contribution in [0.5, 0.6) is 0 Å². The maximum atomic E-state index is 15.5. The van der Waals surface area contributed by atoms with Gasteiger partial charge in [0.15, 0.2) is 5.82 Å². The largest absolute Gasteiger partial charge is 0.361 e. The summed E-state index contributed by atoms with van der Waals surface area (Å²) in [5, 5.41) is 15.3. The van der Waals surface area contributed by atoms with Crippen molar-refractivity contribution in [1.82, 2.24) is 25.4 Å². The van der Waals surface area contributed by atoms with Crippen LogP contribution in [0.15, 0.2) is 66.9 Å². The number of halogens is 5. The van der Waals surface area contributed by atoms with E-state index >= 15 is 8.78 Å². The molecule has 0 radical (unpaired) electrons. The van der Waals surface area contributed by atoms with Gasteiger partial charge in [0, 0.05) is 46.6 Å². The van der Waals surface area contributed by atoms with E-state index in [1.807, 2.05) is 0 Å². The Morgan fingerprint density at radius 2 is 1.70 bits per heavy atom. The number of imide groups is 1. The normalized spacial score (nSPS) is 19.0. The summed E-state index contributed by atoms with van der Waals surface area (Å²) < 4.78 is 72.4. The third-order valence-corrected chi connectivity index (χ3v) is 11.0. The number of piperidine rings is 2. The van der Waals surface area contributed by atoms with E-state index in [1.54, 1.807) is 57.3 Å². The lowest BCUT2D eigenvalue weighted by molar-refractivity contribution is -0.137.